The highest BCUT2D eigenvalue weighted by molar-refractivity contribution is 7.52. The summed E-state index contributed by atoms with van der Waals surface area (Å²) in [5, 5.41) is 3.69. The number of rotatable bonds is 3. The van der Waals surface area contributed by atoms with Crippen LogP contribution in [0.2, 0.25) is 0 Å². The quantitative estimate of drug-likeness (QED) is 0.797. The van der Waals surface area contributed by atoms with E-state index in [-0.39, 0.29) is 6.42 Å². The average molecular weight is 257 g/mol. The van der Waals surface area contributed by atoms with Crippen LogP contribution in [0, 0.1) is 0 Å². The molecule has 7 heteroatoms. The molecule has 0 radical (unpaired) electrons. The van der Waals surface area contributed by atoms with Gasteiger partial charge in [0.15, 0.2) is 0 Å². The molecule has 2 rings (SSSR count). The van der Waals surface area contributed by atoms with Crippen LogP contribution in [0.1, 0.15) is 12.0 Å². The summed E-state index contributed by atoms with van der Waals surface area (Å²) in [6.07, 6.45) is 0.108. The van der Waals surface area contributed by atoms with Gasteiger partial charge in [0, 0.05) is 6.42 Å². The zero-order valence-corrected chi connectivity index (χ0v) is 10.0. The lowest BCUT2D eigenvalue weighted by atomic mass is 10.1. The molecule has 2 N–H and O–H groups in total. The second-order valence-electron chi connectivity index (χ2n) is 3.62. The van der Waals surface area contributed by atoms with Gasteiger partial charge in [0.25, 0.3) is 0 Å². The molecule has 0 fully saturated rings. The van der Waals surface area contributed by atoms with Crippen molar-refractivity contribution in [3.63, 3.8) is 0 Å². The van der Waals surface area contributed by atoms with Crippen LogP contribution in [0.15, 0.2) is 29.4 Å². The van der Waals surface area contributed by atoms with Crippen LogP contribution in [-0.4, -0.2) is 28.5 Å². The van der Waals surface area contributed by atoms with E-state index in [9.17, 15) is 4.57 Å². The van der Waals surface area contributed by atoms with Gasteiger partial charge < -0.3 is 19.4 Å². The molecule has 0 bridgehead atoms. The predicted molar refractivity (Wildman–Crippen MR) is 61.1 cm³/mol. The Labute approximate surface area is 98.0 Å². The topological polar surface area (TPSA) is 88.4 Å². The third-order valence-electron chi connectivity index (χ3n) is 2.45. The summed E-state index contributed by atoms with van der Waals surface area (Å²) in [5.74, 6) is -0.459. The highest BCUT2D eigenvalue weighted by Crippen LogP contribution is 2.46. The van der Waals surface area contributed by atoms with Gasteiger partial charge in [-0.3, -0.25) is 4.57 Å². The Hall–Kier alpha value is -1.36. The molecule has 1 aromatic rings. The molecule has 0 aliphatic carbocycles. The van der Waals surface area contributed by atoms with E-state index in [2.05, 4.69) is 5.16 Å². The maximum atomic E-state index is 11.0. The van der Waals surface area contributed by atoms with E-state index in [1.54, 1.807) is 31.4 Å². The minimum atomic E-state index is -4.25. The van der Waals surface area contributed by atoms with Gasteiger partial charge in [-0.2, -0.15) is 0 Å². The lowest BCUT2D eigenvalue weighted by Crippen LogP contribution is -2.08. The molecule has 1 heterocycles. The first-order chi connectivity index (χ1) is 8.00. The molecule has 0 aromatic heterocycles. The second kappa shape index (κ2) is 4.49. The summed E-state index contributed by atoms with van der Waals surface area (Å²) < 4.78 is 16.0. The minimum Gasteiger partial charge on any atom is -0.497 e. The Morgan fingerprint density at radius 1 is 1.41 bits per heavy atom. The van der Waals surface area contributed by atoms with Gasteiger partial charge in [-0.25, -0.2) is 0 Å². The lowest BCUT2D eigenvalue weighted by Gasteiger charge is -2.08. The summed E-state index contributed by atoms with van der Waals surface area (Å²) in [6, 6.07) is 7.04. The van der Waals surface area contributed by atoms with Crippen molar-refractivity contribution in [2.75, 3.05) is 7.11 Å². The van der Waals surface area contributed by atoms with Crippen LogP contribution in [0.5, 0.6) is 5.75 Å². The molecule has 1 aliphatic rings. The normalized spacial score (nSPS) is 19.7. The molecule has 6 nitrogen and oxygen atoms in total. The second-order valence-corrected chi connectivity index (χ2v) is 5.37. The van der Waals surface area contributed by atoms with Gasteiger partial charge in [-0.05, 0) is 29.8 Å². The van der Waals surface area contributed by atoms with Crippen molar-refractivity contribution in [3.8, 4) is 5.75 Å². The van der Waals surface area contributed by atoms with Crippen molar-refractivity contribution in [1.29, 1.82) is 0 Å². The molecule has 0 saturated heterocycles. The van der Waals surface area contributed by atoms with Crippen LogP contribution in [0.4, 0.5) is 0 Å². The van der Waals surface area contributed by atoms with Crippen LogP contribution in [0.25, 0.3) is 0 Å². The Kier molecular flexibility index (Phi) is 3.19. The monoisotopic (exact) mass is 257 g/mol. The number of nitrogens with zero attached hydrogens (tertiary/aromatic N) is 1. The first kappa shape index (κ1) is 12.1. The van der Waals surface area contributed by atoms with Crippen LogP contribution < -0.4 is 4.74 Å². The van der Waals surface area contributed by atoms with E-state index in [0.717, 1.165) is 5.56 Å². The zero-order chi connectivity index (χ0) is 12.5. The summed E-state index contributed by atoms with van der Waals surface area (Å²) in [6.45, 7) is 0. The number of methoxy groups -OCH3 is 1. The Bertz CT molecular complexity index is 478. The van der Waals surface area contributed by atoms with Crippen molar-refractivity contribution in [1.82, 2.24) is 0 Å². The number of oxime groups is 1. The molecule has 1 aromatic carbocycles. The van der Waals surface area contributed by atoms with E-state index in [4.69, 9.17) is 19.4 Å². The third-order valence-corrected chi connectivity index (χ3v) is 3.48. The van der Waals surface area contributed by atoms with Crippen LogP contribution >= 0.6 is 7.60 Å². The Balaban J connectivity index is 2.12. The van der Waals surface area contributed by atoms with Gasteiger partial charge in [0.1, 0.15) is 5.75 Å². The van der Waals surface area contributed by atoms with Crippen molar-refractivity contribution < 1.29 is 23.9 Å². The summed E-state index contributed by atoms with van der Waals surface area (Å²) in [5.41, 5.74) is 1.29. The fourth-order valence-corrected chi connectivity index (χ4v) is 2.08. The number of hydrogen-bond acceptors (Lipinski definition) is 4. The Morgan fingerprint density at radius 3 is 2.53 bits per heavy atom. The minimum absolute atomic E-state index is 0.108. The number of hydrogen-bond donors (Lipinski definition) is 2. The van der Waals surface area contributed by atoms with Crippen molar-refractivity contribution in [2.45, 2.75) is 12.3 Å². The molecule has 92 valence electrons. The van der Waals surface area contributed by atoms with Gasteiger partial charge in [-0.1, -0.05) is 5.16 Å². The highest BCUT2D eigenvalue weighted by Gasteiger charge is 2.36. The van der Waals surface area contributed by atoms with E-state index in [1.165, 1.54) is 0 Å². The fourth-order valence-electron chi connectivity index (χ4n) is 1.50. The number of benzene rings is 1. The van der Waals surface area contributed by atoms with E-state index >= 15 is 0 Å². The first-order valence-corrected chi connectivity index (χ1v) is 6.61. The van der Waals surface area contributed by atoms with Crippen molar-refractivity contribution in [3.05, 3.63) is 29.8 Å². The molecule has 1 unspecified atom stereocenters. The SMILES string of the molecule is COc1ccc(C2=NOC(P(=O)(O)O)C2)cc1. The largest absolute Gasteiger partial charge is 0.497 e. The smallest absolute Gasteiger partial charge is 0.368 e. The zero-order valence-electron chi connectivity index (χ0n) is 9.11. The average Bonchev–Trinajstić information content (AvgIpc) is 2.78. The van der Waals surface area contributed by atoms with Gasteiger partial charge in [0.2, 0.25) is 5.85 Å². The van der Waals surface area contributed by atoms with Crippen LogP contribution in [-0.2, 0) is 9.40 Å². The number of ether oxygens (including phenoxy) is 1. The Morgan fingerprint density at radius 2 is 2.06 bits per heavy atom. The fraction of sp³-hybridized carbons (Fsp3) is 0.300. The van der Waals surface area contributed by atoms with Gasteiger partial charge >= 0.3 is 7.60 Å². The maximum Gasteiger partial charge on any atom is 0.368 e. The van der Waals surface area contributed by atoms with Crippen molar-refractivity contribution >= 4 is 13.3 Å². The lowest BCUT2D eigenvalue weighted by molar-refractivity contribution is 0.117. The van der Waals surface area contributed by atoms with Crippen LogP contribution in [0.3, 0.4) is 0 Å². The maximum absolute atomic E-state index is 11.0. The third kappa shape index (κ3) is 2.66. The summed E-state index contributed by atoms with van der Waals surface area (Å²) >= 11 is 0. The van der Waals surface area contributed by atoms with Gasteiger partial charge in [-0.15, -0.1) is 0 Å². The molecular weight excluding hydrogens is 245 g/mol. The highest BCUT2D eigenvalue weighted by atomic mass is 31.2. The van der Waals surface area contributed by atoms with E-state index in [1.807, 2.05) is 0 Å². The summed E-state index contributed by atoms with van der Waals surface area (Å²) in [7, 11) is -2.68. The molecular formula is C10H12NO5P. The molecule has 0 spiro atoms. The standard InChI is InChI=1S/C10H12NO5P/c1-15-8-4-2-7(3-5-8)9-6-10(16-11-9)17(12,13)14/h2-5,10H,6H2,1H3,(H2,12,13,14). The predicted octanol–water partition coefficient (Wildman–Crippen LogP) is 1.32. The van der Waals surface area contributed by atoms with E-state index in [0.29, 0.717) is 11.5 Å². The molecule has 1 aliphatic heterocycles. The van der Waals surface area contributed by atoms with Crippen molar-refractivity contribution in [2.24, 2.45) is 5.16 Å². The molecule has 0 amide bonds. The van der Waals surface area contributed by atoms with E-state index < -0.39 is 13.4 Å². The first-order valence-electron chi connectivity index (χ1n) is 4.93. The van der Waals surface area contributed by atoms with Gasteiger partial charge in [0.05, 0.1) is 12.8 Å². The molecule has 17 heavy (non-hydrogen) atoms. The summed E-state index contributed by atoms with van der Waals surface area (Å²) in [4.78, 5) is 22.6. The molecule has 0 saturated carbocycles. The molecule has 1 atom stereocenters.